The van der Waals surface area contributed by atoms with Gasteiger partial charge in [0.25, 0.3) is 5.91 Å². The average molecular weight is 370 g/mol. The molecule has 5 nitrogen and oxygen atoms in total. The second-order valence-corrected chi connectivity index (χ2v) is 7.80. The zero-order valence-electron chi connectivity index (χ0n) is 15.6. The first-order valence-electron chi connectivity index (χ1n) is 9.92. The number of nitrogens with zero attached hydrogens (tertiary/aromatic N) is 3. The van der Waals surface area contributed by atoms with Crippen molar-refractivity contribution in [3.8, 4) is 0 Å². The lowest BCUT2D eigenvalue weighted by Crippen LogP contribution is -2.57. The molecule has 144 valence electrons. The number of hydrogen-bond acceptors (Lipinski definition) is 3. The van der Waals surface area contributed by atoms with Crippen LogP contribution in [0.2, 0.25) is 0 Å². The van der Waals surface area contributed by atoms with E-state index in [2.05, 4.69) is 10.4 Å². The van der Waals surface area contributed by atoms with Crippen LogP contribution < -0.4 is 5.32 Å². The molecule has 2 fully saturated rings. The normalized spacial score (nSPS) is 20.6. The molecule has 2 saturated heterocycles. The van der Waals surface area contributed by atoms with Crippen molar-refractivity contribution < 1.29 is 9.18 Å². The standard InChI is InChI=1S/C21H27FN4O/c22-19-4-1-3-18(16-19)15-17-5-13-25(14-6-17)20(27)21(7-10-23-11-8-21)26-12-2-9-24-26/h1-4,9,12,16-17,23H,5-8,10-11,13-15H2. The second-order valence-electron chi connectivity index (χ2n) is 7.80. The van der Waals surface area contributed by atoms with E-state index in [1.54, 1.807) is 18.3 Å². The van der Waals surface area contributed by atoms with Crippen LogP contribution in [0.4, 0.5) is 4.39 Å². The molecule has 0 spiro atoms. The average Bonchev–Trinajstić information content (AvgIpc) is 3.24. The maximum Gasteiger partial charge on any atom is 0.250 e. The molecule has 1 N–H and O–H groups in total. The fourth-order valence-electron chi connectivity index (χ4n) is 4.54. The summed E-state index contributed by atoms with van der Waals surface area (Å²) in [5.41, 5.74) is 0.496. The Morgan fingerprint density at radius 3 is 2.67 bits per heavy atom. The molecule has 4 rings (SSSR count). The van der Waals surface area contributed by atoms with Crippen molar-refractivity contribution in [1.29, 1.82) is 0 Å². The summed E-state index contributed by atoms with van der Waals surface area (Å²) in [6.45, 7) is 3.22. The van der Waals surface area contributed by atoms with Gasteiger partial charge in [0.05, 0.1) is 0 Å². The Hall–Kier alpha value is -2.21. The molecule has 0 bridgehead atoms. The summed E-state index contributed by atoms with van der Waals surface area (Å²) in [6, 6.07) is 8.76. The number of carbonyl (C=O) groups is 1. The minimum atomic E-state index is -0.551. The van der Waals surface area contributed by atoms with E-state index in [4.69, 9.17) is 0 Å². The molecule has 6 heteroatoms. The van der Waals surface area contributed by atoms with Crippen LogP contribution in [0.1, 0.15) is 31.2 Å². The van der Waals surface area contributed by atoms with Gasteiger partial charge >= 0.3 is 0 Å². The van der Waals surface area contributed by atoms with Crippen molar-refractivity contribution in [1.82, 2.24) is 20.0 Å². The predicted molar refractivity (Wildman–Crippen MR) is 102 cm³/mol. The van der Waals surface area contributed by atoms with E-state index in [0.717, 1.165) is 63.8 Å². The first-order valence-corrected chi connectivity index (χ1v) is 9.92. The second kappa shape index (κ2) is 7.80. The molecule has 3 heterocycles. The van der Waals surface area contributed by atoms with Gasteiger partial charge in [-0.15, -0.1) is 0 Å². The van der Waals surface area contributed by atoms with E-state index in [0.29, 0.717) is 5.92 Å². The van der Waals surface area contributed by atoms with E-state index >= 15 is 0 Å². The van der Waals surface area contributed by atoms with Crippen molar-refractivity contribution >= 4 is 5.91 Å². The molecule has 2 aromatic rings. The van der Waals surface area contributed by atoms with Gasteiger partial charge in [-0.25, -0.2) is 4.39 Å². The van der Waals surface area contributed by atoms with Crippen LogP contribution in [0.5, 0.6) is 0 Å². The zero-order valence-corrected chi connectivity index (χ0v) is 15.6. The monoisotopic (exact) mass is 370 g/mol. The molecule has 1 amide bonds. The fraction of sp³-hybridized carbons (Fsp3) is 0.524. The molecule has 0 atom stereocenters. The van der Waals surface area contributed by atoms with Crippen LogP contribution in [0.25, 0.3) is 0 Å². The van der Waals surface area contributed by atoms with Gasteiger partial charge in [-0.1, -0.05) is 12.1 Å². The van der Waals surface area contributed by atoms with E-state index in [1.165, 1.54) is 6.07 Å². The van der Waals surface area contributed by atoms with Crippen molar-refractivity contribution in [2.45, 2.75) is 37.6 Å². The summed E-state index contributed by atoms with van der Waals surface area (Å²) in [5, 5.41) is 7.77. The van der Waals surface area contributed by atoms with E-state index < -0.39 is 5.54 Å². The van der Waals surface area contributed by atoms with Crippen LogP contribution in [0, 0.1) is 11.7 Å². The Kier molecular flexibility index (Phi) is 5.25. The van der Waals surface area contributed by atoms with Crippen molar-refractivity contribution in [3.05, 3.63) is 54.1 Å². The molecule has 0 radical (unpaired) electrons. The number of carbonyl (C=O) groups excluding carboxylic acids is 1. The maximum atomic E-state index is 13.5. The lowest BCUT2D eigenvalue weighted by molar-refractivity contribution is -0.144. The van der Waals surface area contributed by atoms with Crippen molar-refractivity contribution in [2.24, 2.45) is 5.92 Å². The molecular formula is C21H27FN4O. The highest BCUT2D eigenvalue weighted by Crippen LogP contribution is 2.32. The number of nitrogens with one attached hydrogen (secondary N) is 1. The van der Waals surface area contributed by atoms with E-state index in [1.807, 2.05) is 27.9 Å². The molecule has 0 unspecified atom stereocenters. The highest BCUT2D eigenvalue weighted by molar-refractivity contribution is 5.84. The SMILES string of the molecule is O=C(N1CCC(Cc2cccc(F)c2)CC1)C1(n2cccn2)CCNCC1. The zero-order chi connectivity index (χ0) is 18.7. The summed E-state index contributed by atoms with van der Waals surface area (Å²) in [5.74, 6) is 0.536. The van der Waals surface area contributed by atoms with Gasteiger partial charge in [-0.2, -0.15) is 5.10 Å². The number of likely N-dealkylation sites (tertiary alicyclic amines) is 1. The Labute approximate surface area is 159 Å². The molecule has 1 aromatic heterocycles. The molecule has 2 aliphatic heterocycles. The summed E-state index contributed by atoms with van der Waals surface area (Å²) in [6.07, 6.45) is 8.04. The van der Waals surface area contributed by atoms with Gasteiger partial charge in [-0.3, -0.25) is 9.48 Å². The number of piperidine rings is 2. The van der Waals surface area contributed by atoms with Gasteiger partial charge in [0.15, 0.2) is 0 Å². The van der Waals surface area contributed by atoms with Gasteiger partial charge in [0.1, 0.15) is 11.4 Å². The summed E-state index contributed by atoms with van der Waals surface area (Å²) in [7, 11) is 0. The third kappa shape index (κ3) is 3.76. The highest BCUT2D eigenvalue weighted by atomic mass is 19.1. The third-order valence-electron chi connectivity index (χ3n) is 6.09. The summed E-state index contributed by atoms with van der Waals surface area (Å²) >= 11 is 0. The van der Waals surface area contributed by atoms with E-state index in [9.17, 15) is 9.18 Å². The number of benzene rings is 1. The van der Waals surface area contributed by atoms with Crippen LogP contribution >= 0.6 is 0 Å². The van der Waals surface area contributed by atoms with Gasteiger partial charge in [0, 0.05) is 25.5 Å². The Morgan fingerprint density at radius 2 is 2.00 bits per heavy atom. The predicted octanol–water partition coefficient (Wildman–Crippen LogP) is 2.58. The number of amides is 1. The first kappa shape index (κ1) is 18.2. The van der Waals surface area contributed by atoms with Crippen LogP contribution in [0.3, 0.4) is 0 Å². The number of rotatable bonds is 4. The smallest absolute Gasteiger partial charge is 0.250 e. The van der Waals surface area contributed by atoms with Crippen LogP contribution in [-0.2, 0) is 16.8 Å². The van der Waals surface area contributed by atoms with Crippen molar-refractivity contribution in [3.63, 3.8) is 0 Å². The van der Waals surface area contributed by atoms with Gasteiger partial charge in [-0.05, 0) is 74.9 Å². The van der Waals surface area contributed by atoms with Gasteiger partial charge < -0.3 is 10.2 Å². The molecule has 27 heavy (non-hydrogen) atoms. The highest BCUT2D eigenvalue weighted by Gasteiger charge is 2.44. The van der Waals surface area contributed by atoms with Crippen LogP contribution in [0.15, 0.2) is 42.7 Å². The number of hydrogen-bond donors (Lipinski definition) is 1. The largest absolute Gasteiger partial charge is 0.341 e. The minimum absolute atomic E-state index is 0.174. The molecular weight excluding hydrogens is 343 g/mol. The third-order valence-corrected chi connectivity index (χ3v) is 6.09. The molecule has 0 aliphatic carbocycles. The lowest BCUT2D eigenvalue weighted by Gasteiger charge is -2.42. The molecule has 2 aliphatic rings. The summed E-state index contributed by atoms with van der Waals surface area (Å²) in [4.78, 5) is 15.5. The molecule has 0 saturated carbocycles. The molecule has 1 aromatic carbocycles. The lowest BCUT2D eigenvalue weighted by atomic mass is 9.84. The fourth-order valence-corrected chi connectivity index (χ4v) is 4.54. The Morgan fingerprint density at radius 1 is 1.22 bits per heavy atom. The topological polar surface area (TPSA) is 50.2 Å². The number of aromatic nitrogens is 2. The quantitative estimate of drug-likeness (QED) is 0.900. The Balaban J connectivity index is 1.41. The van der Waals surface area contributed by atoms with Crippen molar-refractivity contribution in [2.75, 3.05) is 26.2 Å². The van der Waals surface area contributed by atoms with E-state index in [-0.39, 0.29) is 11.7 Å². The number of halogens is 1. The summed E-state index contributed by atoms with van der Waals surface area (Å²) < 4.78 is 15.3. The maximum absolute atomic E-state index is 13.5. The first-order chi connectivity index (χ1) is 13.2. The Bertz CT molecular complexity index is 762. The van der Waals surface area contributed by atoms with Crippen LogP contribution in [-0.4, -0.2) is 46.8 Å². The van der Waals surface area contributed by atoms with Gasteiger partial charge in [0.2, 0.25) is 0 Å². The minimum Gasteiger partial charge on any atom is -0.341 e.